The maximum Gasteiger partial charge on any atom is 0.101 e. The predicted molar refractivity (Wildman–Crippen MR) is 39.7 cm³/mol. The lowest BCUT2D eigenvalue weighted by atomic mass is 11.0. The Labute approximate surface area is 53.1 Å². The van der Waals surface area contributed by atoms with Crippen molar-refractivity contribution in [3.63, 3.8) is 0 Å². The van der Waals surface area contributed by atoms with E-state index in [-0.39, 0.29) is 0 Å². The molecule has 36 valence electrons. The first-order chi connectivity index (χ1) is 2.77. The molecule has 0 aliphatic carbocycles. The SMILES string of the molecule is CCSC(=S)S. The number of hydrogen-bond donors (Lipinski definition) is 1. The van der Waals surface area contributed by atoms with E-state index >= 15 is 0 Å². The lowest BCUT2D eigenvalue weighted by molar-refractivity contribution is 1.54. The second-order valence-electron chi connectivity index (χ2n) is 0.699. The van der Waals surface area contributed by atoms with Crippen LogP contribution in [0.15, 0.2) is 0 Å². The second-order valence-corrected chi connectivity index (χ2v) is 3.69. The molecule has 0 spiro atoms. The van der Waals surface area contributed by atoms with Crippen LogP contribution in [0.1, 0.15) is 6.92 Å². The highest BCUT2D eigenvalue weighted by molar-refractivity contribution is 8.41. The lowest BCUT2D eigenvalue weighted by Crippen LogP contribution is -1.69. The Bertz CT molecular complexity index is 50.0. The Morgan fingerprint density at radius 1 is 2.00 bits per heavy atom. The van der Waals surface area contributed by atoms with E-state index in [9.17, 15) is 0 Å². The zero-order valence-corrected chi connectivity index (χ0v) is 6.00. The Hall–Kier alpha value is 0.790. The molecule has 0 atom stereocenters. The van der Waals surface area contributed by atoms with Gasteiger partial charge in [0.15, 0.2) is 0 Å². The zero-order chi connectivity index (χ0) is 4.99. The smallest absolute Gasteiger partial charge is 0.101 e. The predicted octanol–water partition coefficient (Wildman–Crippen LogP) is 1.95. The Kier molecular flexibility index (Phi) is 4.48. The molecule has 0 N–H and O–H groups in total. The summed E-state index contributed by atoms with van der Waals surface area (Å²) in [5.41, 5.74) is 0. The molecule has 0 radical (unpaired) electrons. The van der Waals surface area contributed by atoms with Crippen molar-refractivity contribution in [2.24, 2.45) is 0 Å². The van der Waals surface area contributed by atoms with Crippen molar-refractivity contribution < 1.29 is 0 Å². The molecule has 0 bridgehead atoms. The standard InChI is InChI=1S/C3H6S3/c1-2-6-3(4)5/h2H2,1H3,(H,4,5). The van der Waals surface area contributed by atoms with Gasteiger partial charge in [-0.2, -0.15) is 0 Å². The quantitative estimate of drug-likeness (QED) is 0.434. The monoisotopic (exact) mass is 138 g/mol. The van der Waals surface area contributed by atoms with Gasteiger partial charge in [-0.15, -0.1) is 24.4 Å². The lowest BCUT2D eigenvalue weighted by Gasteiger charge is -1.83. The molecular formula is C3H6S3. The third-order valence-corrected chi connectivity index (χ3v) is 1.54. The normalized spacial score (nSPS) is 8.33. The number of hydrogen-bond acceptors (Lipinski definition) is 2. The van der Waals surface area contributed by atoms with Crippen molar-refractivity contribution >= 4 is 40.1 Å². The Balaban J connectivity index is 2.83. The third kappa shape index (κ3) is 4.79. The van der Waals surface area contributed by atoms with Crippen molar-refractivity contribution in [1.82, 2.24) is 0 Å². The Morgan fingerprint density at radius 3 is 2.50 bits per heavy atom. The van der Waals surface area contributed by atoms with Gasteiger partial charge in [0.1, 0.15) is 3.53 Å². The van der Waals surface area contributed by atoms with Gasteiger partial charge >= 0.3 is 0 Å². The van der Waals surface area contributed by atoms with Crippen LogP contribution >= 0.6 is 36.6 Å². The number of rotatable bonds is 1. The van der Waals surface area contributed by atoms with Crippen molar-refractivity contribution in [1.29, 1.82) is 0 Å². The van der Waals surface area contributed by atoms with Crippen LogP contribution in [0.5, 0.6) is 0 Å². The van der Waals surface area contributed by atoms with Crippen molar-refractivity contribution in [2.75, 3.05) is 5.75 Å². The van der Waals surface area contributed by atoms with E-state index in [1.165, 1.54) is 0 Å². The van der Waals surface area contributed by atoms with Gasteiger partial charge < -0.3 is 0 Å². The summed E-state index contributed by atoms with van der Waals surface area (Å²) in [4.78, 5) is 0. The van der Waals surface area contributed by atoms with Crippen LogP contribution in [0.25, 0.3) is 0 Å². The third-order valence-electron chi connectivity index (χ3n) is 0.268. The van der Waals surface area contributed by atoms with Crippen LogP contribution in [-0.2, 0) is 0 Å². The summed E-state index contributed by atoms with van der Waals surface area (Å²) in [5, 5.41) is 0. The van der Waals surface area contributed by atoms with Crippen LogP contribution in [0.2, 0.25) is 0 Å². The summed E-state index contributed by atoms with van der Waals surface area (Å²) in [7, 11) is 0. The molecule has 0 nitrogen and oxygen atoms in total. The van der Waals surface area contributed by atoms with Gasteiger partial charge in [-0.3, -0.25) is 0 Å². The number of thiol groups is 1. The molecule has 0 saturated heterocycles. The van der Waals surface area contributed by atoms with Crippen molar-refractivity contribution in [3.8, 4) is 0 Å². The zero-order valence-electron chi connectivity index (χ0n) is 3.47. The molecule has 0 aromatic heterocycles. The molecule has 0 aliphatic rings. The molecule has 0 unspecified atom stereocenters. The summed E-state index contributed by atoms with van der Waals surface area (Å²) >= 11 is 10.1. The van der Waals surface area contributed by atoms with E-state index in [4.69, 9.17) is 0 Å². The molecular weight excluding hydrogens is 132 g/mol. The van der Waals surface area contributed by atoms with E-state index in [1.54, 1.807) is 11.8 Å². The second kappa shape index (κ2) is 3.96. The van der Waals surface area contributed by atoms with Crippen molar-refractivity contribution in [3.05, 3.63) is 0 Å². The van der Waals surface area contributed by atoms with E-state index in [2.05, 4.69) is 24.8 Å². The molecule has 6 heavy (non-hydrogen) atoms. The largest absolute Gasteiger partial charge is 0.125 e. The minimum absolute atomic E-state index is 0.734. The summed E-state index contributed by atoms with van der Waals surface area (Å²) in [6.07, 6.45) is 0. The Morgan fingerprint density at radius 2 is 2.50 bits per heavy atom. The molecule has 0 aliphatic heterocycles. The maximum atomic E-state index is 4.62. The molecule has 0 aromatic carbocycles. The van der Waals surface area contributed by atoms with Gasteiger partial charge in [-0.1, -0.05) is 19.1 Å². The molecule has 3 heteroatoms. The van der Waals surface area contributed by atoms with Gasteiger partial charge in [0, 0.05) is 0 Å². The molecule has 0 rings (SSSR count). The molecule has 0 aromatic rings. The average Bonchev–Trinajstić information content (AvgIpc) is 1.35. The first-order valence-electron chi connectivity index (χ1n) is 1.63. The van der Waals surface area contributed by atoms with Gasteiger partial charge in [0.2, 0.25) is 0 Å². The number of thioether (sulfide) groups is 1. The fourth-order valence-electron chi connectivity index (χ4n) is 0.123. The maximum absolute atomic E-state index is 4.62. The summed E-state index contributed by atoms with van der Waals surface area (Å²) in [6.45, 7) is 2.05. The topological polar surface area (TPSA) is 0 Å². The van der Waals surface area contributed by atoms with Gasteiger partial charge in [0.25, 0.3) is 0 Å². The van der Waals surface area contributed by atoms with Crippen LogP contribution < -0.4 is 0 Å². The van der Waals surface area contributed by atoms with E-state index in [0.717, 1.165) is 9.28 Å². The summed E-state index contributed by atoms with van der Waals surface area (Å²) < 4.78 is 0.734. The molecule has 0 amide bonds. The van der Waals surface area contributed by atoms with Crippen LogP contribution in [0, 0.1) is 0 Å². The first kappa shape index (κ1) is 6.79. The highest BCUT2D eigenvalue weighted by atomic mass is 32.2. The van der Waals surface area contributed by atoms with Crippen LogP contribution in [0.4, 0.5) is 0 Å². The minimum atomic E-state index is 0.734. The molecule has 0 heterocycles. The van der Waals surface area contributed by atoms with Crippen molar-refractivity contribution in [2.45, 2.75) is 6.92 Å². The fraction of sp³-hybridized carbons (Fsp3) is 0.667. The van der Waals surface area contributed by atoms with Gasteiger partial charge in [0.05, 0.1) is 0 Å². The molecule has 0 saturated carbocycles. The number of thiocarbonyl (C=S) groups is 1. The molecule has 0 fully saturated rings. The van der Waals surface area contributed by atoms with E-state index < -0.39 is 0 Å². The minimum Gasteiger partial charge on any atom is -0.125 e. The summed E-state index contributed by atoms with van der Waals surface area (Å²) in [6, 6.07) is 0. The first-order valence-corrected chi connectivity index (χ1v) is 3.47. The van der Waals surface area contributed by atoms with E-state index in [1.807, 2.05) is 6.92 Å². The van der Waals surface area contributed by atoms with Crippen LogP contribution in [-0.4, -0.2) is 9.28 Å². The summed E-state index contributed by atoms with van der Waals surface area (Å²) in [5.74, 6) is 1.03. The van der Waals surface area contributed by atoms with Gasteiger partial charge in [-0.05, 0) is 5.75 Å². The van der Waals surface area contributed by atoms with Crippen LogP contribution in [0.3, 0.4) is 0 Å². The fourth-order valence-corrected chi connectivity index (χ4v) is 1.11. The van der Waals surface area contributed by atoms with E-state index in [0.29, 0.717) is 0 Å². The van der Waals surface area contributed by atoms with Gasteiger partial charge in [-0.25, -0.2) is 0 Å². The highest BCUT2D eigenvalue weighted by Crippen LogP contribution is 2.04. The highest BCUT2D eigenvalue weighted by Gasteiger charge is 1.80. The average molecular weight is 138 g/mol.